The van der Waals surface area contributed by atoms with E-state index in [4.69, 9.17) is 10.5 Å². The molecule has 0 bridgehead atoms. The Bertz CT molecular complexity index is 976. The first kappa shape index (κ1) is 22.4. The van der Waals surface area contributed by atoms with Crippen LogP contribution in [0.3, 0.4) is 0 Å². The lowest BCUT2D eigenvalue weighted by Crippen LogP contribution is -2.52. The van der Waals surface area contributed by atoms with Crippen LogP contribution < -0.4 is 25.6 Å². The van der Waals surface area contributed by atoms with Gasteiger partial charge in [0, 0.05) is 25.2 Å². The van der Waals surface area contributed by atoms with Crippen LogP contribution in [0.1, 0.15) is 44.0 Å². The molecule has 1 aromatic heterocycles. The molecule has 8 heteroatoms. The van der Waals surface area contributed by atoms with Gasteiger partial charge in [0.05, 0.1) is 30.4 Å². The summed E-state index contributed by atoms with van der Waals surface area (Å²) in [6.45, 7) is 7.20. The van der Waals surface area contributed by atoms with Gasteiger partial charge in [-0.15, -0.1) is 0 Å². The number of primary amides is 1. The van der Waals surface area contributed by atoms with Crippen molar-refractivity contribution in [3.63, 3.8) is 0 Å². The van der Waals surface area contributed by atoms with Crippen LogP contribution in [-0.4, -0.2) is 43.5 Å². The molecule has 166 valence electrons. The molecule has 0 fully saturated rings. The molecule has 0 radical (unpaired) electrons. The number of carbonyl (C=O) groups is 2. The molecular formula is C23H31N5O3. The van der Waals surface area contributed by atoms with Crippen molar-refractivity contribution < 1.29 is 14.3 Å². The van der Waals surface area contributed by atoms with Crippen LogP contribution >= 0.6 is 0 Å². The predicted octanol–water partition coefficient (Wildman–Crippen LogP) is 3.54. The van der Waals surface area contributed by atoms with Gasteiger partial charge in [-0.1, -0.05) is 20.8 Å². The average Bonchev–Trinajstić information content (AvgIpc) is 2.75. The van der Waals surface area contributed by atoms with Gasteiger partial charge < -0.3 is 25.6 Å². The smallest absolute Gasteiger partial charge is 0.249 e. The summed E-state index contributed by atoms with van der Waals surface area (Å²) in [6, 6.07) is 6.73. The van der Waals surface area contributed by atoms with E-state index in [1.807, 2.05) is 13.0 Å². The number of likely N-dealkylation sites (N-methyl/N-ethyl adjacent to an activating group) is 1. The van der Waals surface area contributed by atoms with Crippen molar-refractivity contribution in [1.82, 2.24) is 4.98 Å². The summed E-state index contributed by atoms with van der Waals surface area (Å²) in [4.78, 5) is 32.8. The van der Waals surface area contributed by atoms with Crippen molar-refractivity contribution >= 4 is 34.7 Å². The molecule has 0 spiro atoms. The van der Waals surface area contributed by atoms with Crippen LogP contribution in [0.2, 0.25) is 0 Å². The van der Waals surface area contributed by atoms with E-state index in [9.17, 15) is 9.59 Å². The van der Waals surface area contributed by atoms with E-state index in [1.165, 1.54) is 7.11 Å². The minimum absolute atomic E-state index is 0.0879. The van der Waals surface area contributed by atoms with Crippen LogP contribution in [-0.2, 0) is 4.79 Å². The molecule has 1 aliphatic heterocycles. The van der Waals surface area contributed by atoms with Crippen molar-refractivity contribution in [2.75, 3.05) is 35.8 Å². The van der Waals surface area contributed by atoms with Gasteiger partial charge in [-0.3, -0.25) is 9.59 Å². The number of benzene rings is 1. The molecule has 8 nitrogen and oxygen atoms in total. The Balaban J connectivity index is 1.98. The fourth-order valence-corrected chi connectivity index (χ4v) is 3.79. The van der Waals surface area contributed by atoms with E-state index < -0.39 is 5.91 Å². The molecule has 1 aromatic carbocycles. The highest BCUT2D eigenvalue weighted by molar-refractivity contribution is 6.05. The van der Waals surface area contributed by atoms with E-state index in [0.29, 0.717) is 28.7 Å². The lowest BCUT2D eigenvalue weighted by molar-refractivity contribution is -0.120. The number of nitrogens with one attached hydrogen (secondary N) is 1. The van der Waals surface area contributed by atoms with Gasteiger partial charge in [0.25, 0.3) is 0 Å². The molecule has 1 unspecified atom stereocenters. The summed E-state index contributed by atoms with van der Waals surface area (Å²) in [5.74, 6) is 1.21. The first-order chi connectivity index (χ1) is 14.8. The topological polar surface area (TPSA) is 101 Å². The molecule has 31 heavy (non-hydrogen) atoms. The van der Waals surface area contributed by atoms with Gasteiger partial charge in [0.1, 0.15) is 17.6 Å². The average molecular weight is 426 g/mol. The Morgan fingerprint density at radius 3 is 2.65 bits per heavy atom. The number of hydrogen-bond donors (Lipinski definition) is 2. The number of carbonyl (C=O) groups excluding carboxylic acids is 2. The van der Waals surface area contributed by atoms with Crippen LogP contribution in [0.4, 0.5) is 22.9 Å². The number of anilines is 4. The number of ether oxygens (including phenoxy) is 1. The van der Waals surface area contributed by atoms with Crippen molar-refractivity contribution in [3.05, 3.63) is 36.0 Å². The maximum atomic E-state index is 12.9. The number of nitrogens with two attached hydrogens (primary N) is 1. The van der Waals surface area contributed by atoms with E-state index in [0.717, 1.165) is 30.8 Å². The third kappa shape index (κ3) is 4.57. The zero-order valence-electron chi connectivity index (χ0n) is 18.8. The van der Waals surface area contributed by atoms with Crippen LogP contribution in [0.15, 0.2) is 30.5 Å². The number of fused-ring (bicyclic) bond motifs is 1. The fraction of sp³-hybridized carbons (Fsp3) is 0.435. The molecule has 0 saturated heterocycles. The fourth-order valence-electron chi connectivity index (χ4n) is 3.79. The summed E-state index contributed by atoms with van der Waals surface area (Å²) in [7, 11) is 3.33. The van der Waals surface area contributed by atoms with Crippen molar-refractivity contribution in [1.29, 1.82) is 0 Å². The van der Waals surface area contributed by atoms with Gasteiger partial charge >= 0.3 is 0 Å². The molecule has 3 N–H and O–H groups in total. The lowest BCUT2D eigenvalue weighted by atomic mass is 10.0. The van der Waals surface area contributed by atoms with Gasteiger partial charge in [-0.2, -0.15) is 0 Å². The van der Waals surface area contributed by atoms with E-state index in [-0.39, 0.29) is 11.9 Å². The van der Waals surface area contributed by atoms with Gasteiger partial charge in [0.2, 0.25) is 11.8 Å². The standard InChI is InChI=1S/C23H31N5O3/c1-6-17-23(30)27(4)19-13-25-21(12-18(19)28(17)10-9-14(2)3)26-16-8-7-15(22(24)29)11-20(16)31-5/h7-8,11-14,17H,6,9-10H2,1-5H3,(H2,24,29)(H,25,26). The van der Waals surface area contributed by atoms with Gasteiger partial charge in [-0.25, -0.2) is 4.98 Å². The minimum Gasteiger partial charge on any atom is -0.495 e. The number of amides is 2. The number of hydrogen-bond acceptors (Lipinski definition) is 6. The highest BCUT2D eigenvalue weighted by Gasteiger charge is 2.35. The third-order valence-electron chi connectivity index (χ3n) is 5.61. The maximum Gasteiger partial charge on any atom is 0.249 e. The summed E-state index contributed by atoms with van der Waals surface area (Å²) in [6.07, 6.45) is 3.43. The SMILES string of the molecule is CCC1C(=O)N(C)c2cnc(Nc3ccc(C(N)=O)cc3OC)cc2N1CCC(C)C. The molecule has 1 atom stereocenters. The van der Waals surface area contributed by atoms with Crippen LogP contribution in [0, 0.1) is 5.92 Å². The van der Waals surface area contributed by atoms with Crippen LogP contribution in [0.5, 0.6) is 5.75 Å². The monoisotopic (exact) mass is 425 g/mol. The number of pyridine rings is 1. The Labute approximate surface area is 183 Å². The Kier molecular flexibility index (Phi) is 6.68. The first-order valence-electron chi connectivity index (χ1n) is 10.6. The zero-order chi connectivity index (χ0) is 22.7. The highest BCUT2D eigenvalue weighted by Crippen LogP contribution is 2.38. The van der Waals surface area contributed by atoms with Gasteiger partial charge in [0.15, 0.2) is 0 Å². The quantitative estimate of drug-likeness (QED) is 0.671. The largest absolute Gasteiger partial charge is 0.495 e. The lowest BCUT2D eigenvalue weighted by Gasteiger charge is -2.41. The Morgan fingerprint density at radius 1 is 1.29 bits per heavy atom. The Morgan fingerprint density at radius 2 is 2.03 bits per heavy atom. The van der Waals surface area contributed by atoms with Crippen molar-refractivity contribution in [2.45, 2.75) is 39.7 Å². The summed E-state index contributed by atoms with van der Waals surface area (Å²) in [5, 5.41) is 3.27. The molecule has 2 amide bonds. The zero-order valence-corrected chi connectivity index (χ0v) is 18.8. The van der Waals surface area contributed by atoms with Crippen molar-refractivity contribution in [2.24, 2.45) is 11.7 Å². The van der Waals surface area contributed by atoms with Crippen LogP contribution in [0.25, 0.3) is 0 Å². The maximum absolute atomic E-state index is 12.9. The molecule has 2 heterocycles. The molecule has 0 saturated carbocycles. The summed E-state index contributed by atoms with van der Waals surface area (Å²) >= 11 is 0. The molecule has 3 rings (SSSR count). The number of aromatic nitrogens is 1. The summed E-state index contributed by atoms with van der Waals surface area (Å²) < 4.78 is 5.41. The third-order valence-corrected chi connectivity index (χ3v) is 5.61. The second kappa shape index (κ2) is 9.24. The number of rotatable bonds is 8. The second-order valence-corrected chi connectivity index (χ2v) is 8.16. The summed E-state index contributed by atoms with van der Waals surface area (Å²) in [5.41, 5.74) is 8.17. The van der Waals surface area contributed by atoms with Crippen molar-refractivity contribution in [3.8, 4) is 5.75 Å². The van der Waals surface area contributed by atoms with E-state index >= 15 is 0 Å². The minimum atomic E-state index is -0.518. The van der Waals surface area contributed by atoms with E-state index in [2.05, 4.69) is 29.0 Å². The second-order valence-electron chi connectivity index (χ2n) is 8.16. The van der Waals surface area contributed by atoms with E-state index in [1.54, 1.807) is 36.3 Å². The molecular weight excluding hydrogens is 394 g/mol. The number of nitrogens with zero attached hydrogens (tertiary/aromatic N) is 3. The first-order valence-corrected chi connectivity index (χ1v) is 10.6. The molecule has 2 aromatic rings. The molecule has 0 aliphatic carbocycles. The predicted molar refractivity (Wildman–Crippen MR) is 123 cm³/mol. The van der Waals surface area contributed by atoms with Gasteiger partial charge in [-0.05, 0) is 37.0 Å². The normalized spacial score (nSPS) is 15.8. The Hall–Kier alpha value is -3.29. The molecule has 1 aliphatic rings. The number of methoxy groups -OCH3 is 1. The highest BCUT2D eigenvalue weighted by atomic mass is 16.5.